The third-order valence-electron chi connectivity index (χ3n) is 3.43. The second-order valence-corrected chi connectivity index (χ2v) is 6.50. The highest BCUT2D eigenvalue weighted by Crippen LogP contribution is 2.25. The Morgan fingerprint density at radius 2 is 1.95 bits per heavy atom. The normalized spacial score (nSPS) is 13.5. The molecule has 6 nitrogen and oxygen atoms in total. The summed E-state index contributed by atoms with van der Waals surface area (Å²) in [5, 5.41) is 19.3. The number of fused-ring (bicyclic) bond motifs is 3. The Kier molecular flexibility index (Phi) is 4.37. The van der Waals surface area contributed by atoms with Crippen LogP contribution in [0.15, 0.2) is 29.4 Å². The average molecular weight is 320 g/mol. The van der Waals surface area contributed by atoms with Crippen LogP contribution in [0.4, 0.5) is 0 Å². The molecule has 118 valence electrons. The lowest BCUT2D eigenvalue weighted by atomic mass is 10.3. The molecule has 0 aliphatic carbocycles. The first-order valence-electron chi connectivity index (χ1n) is 7.29. The molecular formula is C15H20N4O2S. The smallest absolute Gasteiger partial charge is 0.236 e. The first kappa shape index (κ1) is 15.3. The summed E-state index contributed by atoms with van der Waals surface area (Å²) in [6.07, 6.45) is -0.396. The summed E-state index contributed by atoms with van der Waals surface area (Å²) in [5.74, 6) is 1.33. The van der Waals surface area contributed by atoms with Gasteiger partial charge in [-0.2, -0.15) is 0 Å². The fourth-order valence-corrected chi connectivity index (χ4v) is 3.20. The third-order valence-corrected chi connectivity index (χ3v) is 4.50. The Morgan fingerprint density at radius 3 is 2.68 bits per heavy atom. The van der Waals surface area contributed by atoms with Crippen LogP contribution in [0.3, 0.4) is 0 Å². The molecule has 0 bridgehead atoms. The summed E-state index contributed by atoms with van der Waals surface area (Å²) in [5.41, 5.74) is 2.18. The molecule has 0 fully saturated rings. The Labute approximate surface area is 133 Å². The number of aliphatic hydroxyl groups is 1. The van der Waals surface area contributed by atoms with Gasteiger partial charge in [0, 0.05) is 12.8 Å². The van der Waals surface area contributed by atoms with Gasteiger partial charge in [0.1, 0.15) is 0 Å². The second kappa shape index (κ2) is 6.28. The van der Waals surface area contributed by atoms with Crippen molar-refractivity contribution >= 4 is 28.6 Å². The summed E-state index contributed by atoms with van der Waals surface area (Å²) >= 11 is 1.49. The minimum absolute atomic E-state index is 0.123. The largest absolute Gasteiger partial charge is 0.390 e. The SMILES string of the molecule is CC(C)OCC(O)CSc1nnc2n(C)c3ccccc3n12. The van der Waals surface area contributed by atoms with Crippen LogP contribution >= 0.6 is 11.8 Å². The van der Waals surface area contributed by atoms with Crippen molar-refractivity contribution in [2.75, 3.05) is 12.4 Å². The van der Waals surface area contributed by atoms with Gasteiger partial charge in [-0.3, -0.25) is 4.40 Å². The van der Waals surface area contributed by atoms with Gasteiger partial charge in [-0.25, -0.2) is 0 Å². The molecule has 0 aliphatic rings. The molecular weight excluding hydrogens is 300 g/mol. The lowest BCUT2D eigenvalue weighted by Crippen LogP contribution is -2.20. The molecule has 1 atom stereocenters. The maximum absolute atomic E-state index is 9.98. The van der Waals surface area contributed by atoms with Gasteiger partial charge in [0.2, 0.25) is 5.78 Å². The van der Waals surface area contributed by atoms with Crippen molar-refractivity contribution in [3.05, 3.63) is 24.3 Å². The topological polar surface area (TPSA) is 64.6 Å². The fourth-order valence-electron chi connectivity index (χ4n) is 2.35. The van der Waals surface area contributed by atoms with Crippen LogP contribution in [0.25, 0.3) is 16.8 Å². The quantitative estimate of drug-likeness (QED) is 0.705. The first-order valence-corrected chi connectivity index (χ1v) is 8.27. The Hall–Kier alpha value is -1.57. The van der Waals surface area contributed by atoms with Gasteiger partial charge in [0.05, 0.1) is 29.8 Å². The van der Waals surface area contributed by atoms with E-state index in [1.807, 2.05) is 48.1 Å². The number of benzene rings is 1. The molecule has 0 saturated carbocycles. The van der Waals surface area contributed by atoms with E-state index in [0.29, 0.717) is 12.4 Å². The van der Waals surface area contributed by atoms with Crippen molar-refractivity contribution in [1.29, 1.82) is 0 Å². The third kappa shape index (κ3) is 2.84. The van der Waals surface area contributed by atoms with Crippen molar-refractivity contribution in [3.8, 4) is 0 Å². The van der Waals surface area contributed by atoms with Gasteiger partial charge >= 0.3 is 0 Å². The Morgan fingerprint density at radius 1 is 1.23 bits per heavy atom. The zero-order valence-electron chi connectivity index (χ0n) is 12.9. The van der Waals surface area contributed by atoms with E-state index in [2.05, 4.69) is 16.3 Å². The van der Waals surface area contributed by atoms with Crippen LogP contribution in [-0.2, 0) is 11.8 Å². The number of ether oxygens (including phenoxy) is 1. The zero-order chi connectivity index (χ0) is 15.7. The van der Waals surface area contributed by atoms with E-state index in [9.17, 15) is 5.11 Å². The molecule has 3 aromatic rings. The van der Waals surface area contributed by atoms with E-state index >= 15 is 0 Å². The van der Waals surface area contributed by atoms with Gasteiger partial charge in [0.25, 0.3) is 0 Å². The maximum Gasteiger partial charge on any atom is 0.236 e. The molecule has 1 unspecified atom stereocenters. The number of thioether (sulfide) groups is 1. The van der Waals surface area contributed by atoms with E-state index in [1.54, 1.807) is 0 Å². The van der Waals surface area contributed by atoms with Gasteiger partial charge in [-0.15, -0.1) is 10.2 Å². The summed E-state index contributed by atoms with van der Waals surface area (Å²) in [7, 11) is 1.98. The molecule has 1 N–H and O–H groups in total. The average Bonchev–Trinajstić information content (AvgIpc) is 3.04. The molecule has 0 saturated heterocycles. The van der Waals surface area contributed by atoms with Crippen LogP contribution in [0.2, 0.25) is 0 Å². The minimum atomic E-state index is -0.519. The number of imidazole rings is 1. The highest BCUT2D eigenvalue weighted by atomic mass is 32.2. The molecule has 0 spiro atoms. The standard InChI is InChI=1S/C15H20N4O2S/c1-10(2)21-8-11(20)9-22-15-17-16-14-18(3)12-6-4-5-7-13(12)19(14)15/h4-7,10-11,20H,8-9H2,1-3H3. The summed E-state index contributed by atoms with van der Waals surface area (Å²) < 4.78 is 9.47. The number of nitrogens with zero attached hydrogens (tertiary/aromatic N) is 4. The number of para-hydroxylation sites is 2. The molecule has 0 aliphatic heterocycles. The van der Waals surface area contributed by atoms with Crippen LogP contribution in [-0.4, -0.2) is 48.8 Å². The number of rotatable bonds is 6. The van der Waals surface area contributed by atoms with Crippen LogP contribution < -0.4 is 0 Å². The van der Waals surface area contributed by atoms with E-state index in [4.69, 9.17) is 4.74 Å². The van der Waals surface area contributed by atoms with E-state index < -0.39 is 6.10 Å². The van der Waals surface area contributed by atoms with Gasteiger partial charge in [-0.05, 0) is 26.0 Å². The molecule has 0 amide bonds. The Balaban J connectivity index is 1.81. The van der Waals surface area contributed by atoms with Crippen LogP contribution in [0.1, 0.15) is 13.8 Å². The predicted molar refractivity (Wildman–Crippen MR) is 87.3 cm³/mol. The van der Waals surface area contributed by atoms with Crippen molar-refractivity contribution in [2.45, 2.75) is 31.2 Å². The van der Waals surface area contributed by atoms with Crippen LogP contribution in [0, 0.1) is 0 Å². The van der Waals surface area contributed by atoms with Crippen molar-refractivity contribution < 1.29 is 9.84 Å². The molecule has 2 heterocycles. The van der Waals surface area contributed by atoms with Crippen LogP contribution in [0.5, 0.6) is 0 Å². The van der Waals surface area contributed by atoms with Gasteiger partial charge in [-0.1, -0.05) is 23.9 Å². The lowest BCUT2D eigenvalue weighted by molar-refractivity contribution is 0.0152. The highest BCUT2D eigenvalue weighted by molar-refractivity contribution is 7.99. The van der Waals surface area contributed by atoms with E-state index in [1.165, 1.54) is 11.8 Å². The number of aromatic nitrogens is 4. The summed E-state index contributed by atoms with van der Waals surface area (Å²) in [6, 6.07) is 8.12. The predicted octanol–water partition coefficient (Wildman–Crippen LogP) is 2.10. The molecule has 22 heavy (non-hydrogen) atoms. The second-order valence-electron chi connectivity index (χ2n) is 5.51. The van der Waals surface area contributed by atoms with Gasteiger partial charge < -0.3 is 14.4 Å². The van der Waals surface area contributed by atoms with Crippen molar-refractivity contribution in [3.63, 3.8) is 0 Å². The number of hydrogen-bond acceptors (Lipinski definition) is 5. The van der Waals surface area contributed by atoms with Crippen molar-refractivity contribution in [1.82, 2.24) is 19.2 Å². The number of aliphatic hydroxyl groups excluding tert-OH is 1. The van der Waals surface area contributed by atoms with E-state index in [-0.39, 0.29) is 6.10 Å². The monoisotopic (exact) mass is 320 g/mol. The van der Waals surface area contributed by atoms with E-state index in [0.717, 1.165) is 22.0 Å². The first-order chi connectivity index (χ1) is 10.6. The lowest BCUT2D eigenvalue weighted by Gasteiger charge is -2.12. The molecule has 0 radical (unpaired) electrons. The number of aryl methyl sites for hydroxylation is 1. The zero-order valence-corrected chi connectivity index (χ0v) is 13.7. The minimum Gasteiger partial charge on any atom is -0.390 e. The fraction of sp³-hybridized carbons (Fsp3) is 0.467. The maximum atomic E-state index is 9.98. The van der Waals surface area contributed by atoms with Gasteiger partial charge in [0.15, 0.2) is 5.16 Å². The summed E-state index contributed by atoms with van der Waals surface area (Å²) in [4.78, 5) is 0. The number of hydrogen-bond donors (Lipinski definition) is 1. The molecule has 3 rings (SSSR count). The van der Waals surface area contributed by atoms with Crippen molar-refractivity contribution in [2.24, 2.45) is 7.05 Å². The molecule has 1 aromatic carbocycles. The highest BCUT2D eigenvalue weighted by Gasteiger charge is 2.16. The molecule has 7 heteroatoms. The molecule has 2 aromatic heterocycles. The Bertz CT molecular complexity index is 780. The summed E-state index contributed by atoms with van der Waals surface area (Å²) in [6.45, 7) is 4.25.